The molecule has 0 bridgehead atoms. The summed E-state index contributed by atoms with van der Waals surface area (Å²) in [6, 6.07) is 19.6. The van der Waals surface area contributed by atoms with Crippen molar-refractivity contribution >= 4 is 99.0 Å². The molecule has 634 valence electrons. The van der Waals surface area contributed by atoms with Crippen LogP contribution in [0.4, 0.5) is 0 Å². The Morgan fingerprint density at radius 1 is 0.542 bits per heavy atom. The van der Waals surface area contributed by atoms with Crippen LogP contribution in [0.15, 0.2) is 140 Å². The molecule has 8 rings (SSSR count). The molecule has 15 N–H and O–H groups in total. The van der Waals surface area contributed by atoms with Crippen LogP contribution in [0.1, 0.15) is 145 Å². The number of nitrogens with two attached hydrogens (primary N) is 1. The number of primary amides is 1. The van der Waals surface area contributed by atoms with Crippen LogP contribution in [0.25, 0.3) is 10.8 Å². The van der Waals surface area contributed by atoms with Crippen LogP contribution < -0.4 is 64.2 Å². The summed E-state index contributed by atoms with van der Waals surface area (Å²) in [5, 5.41) is 54.6. The SMILES string of the molecule is CC(C)C[C@H](NC(=O)[C@@H](CCCCNC(=O)c1cccnc1)NC(=O)[C@H](Cc1ccc(O)cc1)C(C)C(=O)[C@H](CO)NC(=O)[C@@H](Cc1cccnc1)NC(=O)[C@@H](Cc1ccc(Cl)cc1)NC(=O)[C@@H](Cc1ccc2ccccc2c1)NC(=O)CNC(=O)[C@@H]1CCCO1)C(=O)N[C@@H](CCCCNC(C)C)C(=O)N1CCC[C@H]1C(=O)N[C@@H](C)C(N)=O. The van der Waals surface area contributed by atoms with Gasteiger partial charge in [-0.05, 0) is 172 Å². The number of nitrogens with zero attached hydrogens (tertiary/aromatic N) is 3. The summed E-state index contributed by atoms with van der Waals surface area (Å²) in [7, 11) is 0. The lowest BCUT2D eigenvalue weighted by molar-refractivity contribution is -0.142. The molecular formula is C86H112ClN15O16. The van der Waals surface area contributed by atoms with Crippen LogP contribution in [-0.4, -0.2) is 208 Å². The van der Waals surface area contributed by atoms with Gasteiger partial charge in [0, 0.05) is 80.7 Å². The van der Waals surface area contributed by atoms with Gasteiger partial charge in [-0.1, -0.05) is 119 Å². The molecule has 2 aromatic heterocycles. The van der Waals surface area contributed by atoms with Gasteiger partial charge >= 0.3 is 0 Å². The van der Waals surface area contributed by atoms with E-state index in [2.05, 4.69) is 68.5 Å². The molecule has 118 heavy (non-hydrogen) atoms. The van der Waals surface area contributed by atoms with Crippen LogP contribution in [0.5, 0.6) is 5.75 Å². The van der Waals surface area contributed by atoms with Gasteiger partial charge in [0.15, 0.2) is 5.78 Å². The number of phenols is 1. The van der Waals surface area contributed by atoms with Crippen molar-refractivity contribution in [1.82, 2.24) is 73.4 Å². The summed E-state index contributed by atoms with van der Waals surface area (Å²) in [4.78, 5) is 196. The van der Waals surface area contributed by atoms with E-state index in [0.29, 0.717) is 78.1 Å². The second-order valence-electron chi connectivity index (χ2n) is 30.9. The van der Waals surface area contributed by atoms with Crippen LogP contribution >= 0.6 is 11.6 Å². The zero-order valence-corrected chi connectivity index (χ0v) is 68.4. The van der Waals surface area contributed by atoms with E-state index < -0.39 is 162 Å². The number of aliphatic hydroxyl groups excluding tert-OH is 1. The fourth-order valence-corrected chi connectivity index (χ4v) is 14.3. The van der Waals surface area contributed by atoms with E-state index in [1.807, 2.05) is 64.1 Å². The largest absolute Gasteiger partial charge is 0.508 e. The minimum Gasteiger partial charge on any atom is -0.508 e. The summed E-state index contributed by atoms with van der Waals surface area (Å²) >= 11 is 6.32. The fraction of sp³-hybridized carbons (Fsp3) is 0.477. The molecule has 2 aliphatic heterocycles. The maximum Gasteiger partial charge on any atom is 0.252 e. The number of ketones is 1. The monoisotopic (exact) mass is 1650 g/mol. The van der Waals surface area contributed by atoms with Crippen molar-refractivity contribution < 1.29 is 77.3 Å². The Balaban J connectivity index is 1.06. The van der Waals surface area contributed by atoms with Crippen LogP contribution in [0.2, 0.25) is 5.02 Å². The molecular weight excluding hydrogens is 1530 g/mol. The number of amides is 12. The Morgan fingerprint density at radius 3 is 1.74 bits per heavy atom. The lowest BCUT2D eigenvalue weighted by Gasteiger charge is -2.31. The number of aromatic hydroxyl groups is 1. The molecule has 4 aromatic carbocycles. The Kier molecular flexibility index (Phi) is 36.4. The molecule has 2 saturated heterocycles. The molecule has 12 atom stereocenters. The molecule has 32 heteroatoms. The highest BCUT2D eigenvalue weighted by molar-refractivity contribution is 6.30. The lowest BCUT2D eigenvalue weighted by atomic mass is 9.82. The summed E-state index contributed by atoms with van der Waals surface area (Å²) in [6.07, 6.45) is 7.78. The van der Waals surface area contributed by atoms with Gasteiger partial charge in [-0.2, -0.15) is 0 Å². The second kappa shape index (κ2) is 46.6. The predicted octanol–water partition coefficient (Wildman–Crippen LogP) is 3.56. The number of nitrogens with one attached hydrogen (secondary N) is 11. The van der Waals surface area contributed by atoms with E-state index in [9.17, 15) is 48.6 Å². The molecule has 6 aromatic rings. The van der Waals surface area contributed by atoms with E-state index in [0.717, 1.165) is 10.8 Å². The van der Waals surface area contributed by atoms with E-state index in [-0.39, 0.29) is 95.0 Å². The average Bonchev–Trinajstić information content (AvgIpc) is 1.44. The zero-order valence-electron chi connectivity index (χ0n) is 67.6. The normalized spacial score (nSPS) is 16.4. The number of Topliss-reactive ketones (excluding diaryl/α,β-unsaturated/α-hetero) is 1. The van der Waals surface area contributed by atoms with Crippen molar-refractivity contribution in [2.75, 3.05) is 39.4 Å². The van der Waals surface area contributed by atoms with Gasteiger partial charge in [0.1, 0.15) is 66.2 Å². The number of likely N-dealkylation sites (tertiary alicyclic amines) is 1. The van der Waals surface area contributed by atoms with E-state index in [1.54, 1.807) is 54.6 Å². The van der Waals surface area contributed by atoms with Gasteiger partial charge in [-0.3, -0.25) is 72.3 Å². The smallest absolute Gasteiger partial charge is 0.252 e. The number of benzene rings is 4. The number of unbranched alkanes of at least 4 members (excludes halogenated alkanes) is 2. The maximum atomic E-state index is 15.5. The number of ether oxygens (including phenoxy) is 1. The fourth-order valence-electron chi connectivity index (χ4n) is 14.1. The van der Waals surface area contributed by atoms with Gasteiger partial charge < -0.3 is 84.1 Å². The van der Waals surface area contributed by atoms with Crippen LogP contribution in [0, 0.1) is 17.8 Å². The first-order chi connectivity index (χ1) is 56.5. The van der Waals surface area contributed by atoms with E-state index in [4.69, 9.17) is 22.1 Å². The second-order valence-corrected chi connectivity index (χ2v) is 31.3. The van der Waals surface area contributed by atoms with Crippen LogP contribution in [-0.2, 0) is 88.0 Å². The zero-order chi connectivity index (χ0) is 85.4. The molecule has 1 unspecified atom stereocenters. The highest BCUT2D eigenvalue weighted by Crippen LogP contribution is 2.26. The van der Waals surface area contributed by atoms with Crippen LogP contribution in [0.3, 0.4) is 0 Å². The van der Waals surface area contributed by atoms with Crippen molar-refractivity contribution in [3.8, 4) is 5.75 Å². The molecule has 2 aliphatic rings. The predicted molar refractivity (Wildman–Crippen MR) is 441 cm³/mol. The average molecular weight is 1650 g/mol. The topological polar surface area (TPSA) is 459 Å². The van der Waals surface area contributed by atoms with Crippen molar-refractivity contribution in [2.45, 2.75) is 204 Å². The number of pyridine rings is 2. The maximum absolute atomic E-state index is 15.5. The molecule has 0 saturated carbocycles. The van der Waals surface area contributed by atoms with E-state index in [1.165, 1.54) is 67.8 Å². The van der Waals surface area contributed by atoms with Gasteiger partial charge in [-0.25, -0.2) is 0 Å². The number of aromatic nitrogens is 2. The van der Waals surface area contributed by atoms with Crippen molar-refractivity contribution in [1.29, 1.82) is 0 Å². The Bertz CT molecular complexity index is 4390. The molecule has 0 radical (unpaired) electrons. The minimum absolute atomic E-state index is 0.0318. The minimum atomic E-state index is -1.78. The van der Waals surface area contributed by atoms with Crippen molar-refractivity contribution in [3.05, 3.63) is 173 Å². The lowest BCUT2D eigenvalue weighted by Crippen LogP contribution is -2.60. The summed E-state index contributed by atoms with van der Waals surface area (Å²) in [5.74, 6) is -12.8. The molecule has 4 heterocycles. The quantitative estimate of drug-likeness (QED) is 0.0243. The van der Waals surface area contributed by atoms with Gasteiger partial charge in [0.2, 0.25) is 65.0 Å². The third kappa shape index (κ3) is 29.1. The standard InChI is InChI=1S/C86H112ClN15O16/c1-51(2)41-67(80(111)97-66(22-10-11-37-91-52(3)4)86(117)102-39-15-23-72(102)84(115)94-54(6)76(88)107)98-79(110)65(21-9-12-38-92-77(108)61-20-14-36-90-48-61)96-78(109)64(43-55-28-33-63(104)34-29-55)53(5)75(106)71(50-103)101-83(114)70(46-58-17-13-35-89-47-58)100-82(113)69(44-56-26-31-62(87)32-27-56)99-81(112)68(45-57-25-30-59-18-7-8-19-60(59)42-57)95-74(105)49-93-85(116)73-24-16-40-118-73/h7-8,13-14,17-20,25-36,42,47-48,51-54,64-73,91,103-104H,9-12,15-16,21-24,37-41,43-46,49-50H2,1-6H3,(H2,88,107)(H,92,108)(H,93,116)(H,94,115)(H,95,105)(H,96,109)(H,97,111)(H,98,110)(H,99,112)(H,100,113)(H,101,114)/t53?,54-,64+,65+,66-,67-,68+,69+,70+,71-,72-,73-/m0/s1. The number of hydrogen-bond donors (Lipinski definition) is 14. The third-order valence-electron chi connectivity index (χ3n) is 20.8. The van der Waals surface area contributed by atoms with Crippen molar-refractivity contribution in [2.24, 2.45) is 23.5 Å². The Labute approximate surface area is 692 Å². The first-order valence-electron chi connectivity index (χ1n) is 40.4. The third-order valence-corrected chi connectivity index (χ3v) is 21.0. The Morgan fingerprint density at radius 2 is 1.11 bits per heavy atom. The molecule has 2 fully saturated rings. The first-order valence-corrected chi connectivity index (χ1v) is 40.8. The molecule has 12 amide bonds. The summed E-state index contributed by atoms with van der Waals surface area (Å²) < 4.78 is 5.49. The number of halogens is 1. The van der Waals surface area contributed by atoms with E-state index >= 15 is 24.0 Å². The highest BCUT2D eigenvalue weighted by Gasteiger charge is 2.42. The Hall–Kier alpha value is -11.3. The van der Waals surface area contributed by atoms with Gasteiger partial charge in [0.05, 0.1) is 24.6 Å². The van der Waals surface area contributed by atoms with Gasteiger partial charge in [0.25, 0.3) is 5.91 Å². The molecule has 0 aliphatic carbocycles. The number of hydrogen-bond acceptors (Lipinski definition) is 19. The number of aliphatic hydroxyl groups is 1. The van der Waals surface area contributed by atoms with Gasteiger partial charge in [-0.15, -0.1) is 0 Å². The first kappa shape index (κ1) is 92.2. The molecule has 0 spiro atoms. The number of fused-ring (bicyclic) bond motifs is 1. The summed E-state index contributed by atoms with van der Waals surface area (Å²) in [5.41, 5.74) is 7.77. The molecule has 31 nitrogen and oxygen atoms in total. The highest BCUT2D eigenvalue weighted by atomic mass is 35.5. The number of rotatable bonds is 46. The number of carbonyl (C=O) groups is 13. The summed E-state index contributed by atoms with van der Waals surface area (Å²) in [6.45, 7) is 10.2. The number of phenolic OH excluding ortho intramolecular Hbond substituents is 1. The van der Waals surface area contributed by atoms with Crippen molar-refractivity contribution in [3.63, 3.8) is 0 Å². The number of carbonyl (C=O) groups excluding carboxylic acids is 13.